The van der Waals surface area contributed by atoms with Gasteiger partial charge in [-0.25, -0.2) is 4.98 Å². The van der Waals surface area contributed by atoms with E-state index < -0.39 is 0 Å². The molecule has 0 aliphatic carbocycles. The Morgan fingerprint density at radius 2 is 1.91 bits per heavy atom. The van der Waals surface area contributed by atoms with E-state index in [2.05, 4.69) is 56.3 Å². The van der Waals surface area contributed by atoms with Gasteiger partial charge in [0.25, 0.3) is 0 Å². The SMILES string of the molecule is CN1CCCN(Cc2nc(CCc3ccccc3)n[nH]2)CC1. The van der Waals surface area contributed by atoms with E-state index in [0.29, 0.717) is 0 Å². The predicted octanol–water partition coefficient (Wildman–Crippen LogP) is 1.73. The zero-order valence-corrected chi connectivity index (χ0v) is 13.3. The van der Waals surface area contributed by atoms with Crippen LogP contribution in [0.25, 0.3) is 0 Å². The normalized spacial score (nSPS) is 17.5. The minimum Gasteiger partial charge on any atom is -0.305 e. The standard InChI is InChI=1S/C17H25N5/c1-21-10-5-11-22(13-12-21)14-17-18-16(19-20-17)9-8-15-6-3-2-4-7-15/h2-4,6-7H,5,8-14H2,1H3,(H,18,19,20). The number of hydrogen-bond acceptors (Lipinski definition) is 4. The van der Waals surface area contributed by atoms with Gasteiger partial charge in [0.1, 0.15) is 5.82 Å². The van der Waals surface area contributed by atoms with Crippen molar-refractivity contribution < 1.29 is 0 Å². The molecule has 0 amide bonds. The van der Waals surface area contributed by atoms with Crippen molar-refractivity contribution in [1.82, 2.24) is 25.0 Å². The molecule has 0 radical (unpaired) electrons. The molecule has 0 saturated carbocycles. The number of nitrogens with one attached hydrogen (secondary N) is 1. The number of aromatic nitrogens is 3. The largest absolute Gasteiger partial charge is 0.305 e. The highest BCUT2D eigenvalue weighted by atomic mass is 15.3. The Balaban J connectivity index is 1.50. The van der Waals surface area contributed by atoms with E-state index in [1.807, 2.05) is 6.07 Å². The minimum atomic E-state index is 0.881. The van der Waals surface area contributed by atoms with Crippen molar-refractivity contribution in [1.29, 1.82) is 0 Å². The summed E-state index contributed by atoms with van der Waals surface area (Å²) in [5.41, 5.74) is 1.34. The van der Waals surface area contributed by atoms with Gasteiger partial charge < -0.3 is 4.90 Å². The van der Waals surface area contributed by atoms with E-state index in [1.165, 1.54) is 18.5 Å². The molecule has 1 fully saturated rings. The van der Waals surface area contributed by atoms with E-state index in [1.54, 1.807) is 0 Å². The molecule has 3 rings (SSSR count). The van der Waals surface area contributed by atoms with Crippen molar-refractivity contribution in [3.8, 4) is 0 Å². The van der Waals surface area contributed by atoms with Crippen LogP contribution in [0.4, 0.5) is 0 Å². The lowest BCUT2D eigenvalue weighted by molar-refractivity contribution is 0.263. The van der Waals surface area contributed by atoms with Crippen LogP contribution >= 0.6 is 0 Å². The van der Waals surface area contributed by atoms with Gasteiger partial charge in [-0.15, -0.1) is 0 Å². The van der Waals surface area contributed by atoms with E-state index in [0.717, 1.165) is 50.7 Å². The lowest BCUT2D eigenvalue weighted by Gasteiger charge is -2.18. The van der Waals surface area contributed by atoms with Crippen LogP contribution in [0.1, 0.15) is 23.6 Å². The molecule has 1 N–H and O–H groups in total. The third-order valence-corrected chi connectivity index (χ3v) is 4.24. The fourth-order valence-electron chi connectivity index (χ4n) is 2.89. The highest BCUT2D eigenvalue weighted by Crippen LogP contribution is 2.07. The molecule has 0 spiro atoms. The molecule has 0 unspecified atom stereocenters. The Kier molecular flexibility index (Phi) is 5.19. The number of nitrogens with zero attached hydrogens (tertiary/aromatic N) is 4. The van der Waals surface area contributed by atoms with Crippen molar-refractivity contribution in [2.24, 2.45) is 0 Å². The maximum Gasteiger partial charge on any atom is 0.151 e. The first-order valence-electron chi connectivity index (χ1n) is 8.14. The zero-order chi connectivity index (χ0) is 15.2. The second-order valence-corrected chi connectivity index (χ2v) is 6.12. The van der Waals surface area contributed by atoms with Gasteiger partial charge in [-0.2, -0.15) is 5.10 Å². The molecule has 22 heavy (non-hydrogen) atoms. The molecule has 1 aromatic heterocycles. The molecule has 1 aliphatic heterocycles. The molecule has 1 saturated heterocycles. The van der Waals surface area contributed by atoms with Crippen LogP contribution in [0.3, 0.4) is 0 Å². The predicted molar refractivity (Wildman–Crippen MR) is 87.6 cm³/mol. The maximum atomic E-state index is 4.65. The lowest BCUT2D eigenvalue weighted by Crippen LogP contribution is -2.28. The molecule has 0 atom stereocenters. The Bertz CT molecular complexity index is 565. The van der Waals surface area contributed by atoms with Crippen LogP contribution in [0.2, 0.25) is 0 Å². The van der Waals surface area contributed by atoms with E-state index in [-0.39, 0.29) is 0 Å². The third-order valence-electron chi connectivity index (χ3n) is 4.24. The smallest absolute Gasteiger partial charge is 0.151 e. The van der Waals surface area contributed by atoms with Gasteiger partial charge in [0.15, 0.2) is 5.82 Å². The van der Waals surface area contributed by atoms with Crippen LogP contribution in [0.5, 0.6) is 0 Å². The summed E-state index contributed by atoms with van der Waals surface area (Å²) in [5.74, 6) is 1.92. The summed E-state index contributed by atoms with van der Waals surface area (Å²) >= 11 is 0. The zero-order valence-electron chi connectivity index (χ0n) is 13.3. The Morgan fingerprint density at radius 3 is 2.77 bits per heavy atom. The van der Waals surface area contributed by atoms with Gasteiger partial charge in [0.05, 0.1) is 6.54 Å². The number of hydrogen-bond donors (Lipinski definition) is 1. The molecular weight excluding hydrogens is 274 g/mol. The highest BCUT2D eigenvalue weighted by molar-refractivity contribution is 5.15. The third kappa shape index (κ3) is 4.39. The average Bonchev–Trinajstić information content (AvgIpc) is 2.89. The topological polar surface area (TPSA) is 48.1 Å². The summed E-state index contributed by atoms with van der Waals surface area (Å²) in [5, 5.41) is 7.47. The second-order valence-electron chi connectivity index (χ2n) is 6.12. The Morgan fingerprint density at radius 1 is 1.05 bits per heavy atom. The van der Waals surface area contributed by atoms with Gasteiger partial charge in [-0.05, 0) is 38.5 Å². The summed E-state index contributed by atoms with van der Waals surface area (Å²) in [4.78, 5) is 9.50. The average molecular weight is 299 g/mol. The van der Waals surface area contributed by atoms with Crippen LogP contribution in [0, 0.1) is 0 Å². The number of benzene rings is 1. The summed E-state index contributed by atoms with van der Waals surface area (Å²) in [7, 11) is 2.19. The Hall–Kier alpha value is -1.72. The lowest BCUT2D eigenvalue weighted by atomic mass is 10.1. The molecule has 5 nitrogen and oxygen atoms in total. The van der Waals surface area contributed by atoms with Crippen molar-refractivity contribution in [2.75, 3.05) is 33.2 Å². The van der Waals surface area contributed by atoms with Crippen LogP contribution in [-0.2, 0) is 19.4 Å². The van der Waals surface area contributed by atoms with Gasteiger partial charge in [0, 0.05) is 19.5 Å². The maximum absolute atomic E-state index is 4.65. The van der Waals surface area contributed by atoms with E-state index in [9.17, 15) is 0 Å². The fourth-order valence-corrected chi connectivity index (χ4v) is 2.89. The van der Waals surface area contributed by atoms with Crippen LogP contribution < -0.4 is 0 Å². The molecular formula is C17H25N5. The van der Waals surface area contributed by atoms with Gasteiger partial charge in [0.2, 0.25) is 0 Å². The minimum absolute atomic E-state index is 0.881. The first-order valence-corrected chi connectivity index (χ1v) is 8.14. The van der Waals surface area contributed by atoms with Crippen molar-refractivity contribution in [3.63, 3.8) is 0 Å². The van der Waals surface area contributed by atoms with Crippen molar-refractivity contribution >= 4 is 0 Å². The van der Waals surface area contributed by atoms with Gasteiger partial charge in [-0.1, -0.05) is 30.3 Å². The molecule has 5 heteroatoms. The number of aromatic amines is 1. The van der Waals surface area contributed by atoms with Crippen LogP contribution in [-0.4, -0.2) is 58.2 Å². The molecule has 0 bridgehead atoms. The number of rotatable bonds is 5. The molecule has 2 heterocycles. The molecule has 118 valence electrons. The van der Waals surface area contributed by atoms with Crippen molar-refractivity contribution in [2.45, 2.75) is 25.8 Å². The van der Waals surface area contributed by atoms with E-state index >= 15 is 0 Å². The fraction of sp³-hybridized carbons (Fsp3) is 0.529. The quantitative estimate of drug-likeness (QED) is 0.913. The molecule has 1 aromatic carbocycles. The number of H-pyrrole nitrogens is 1. The molecule has 2 aromatic rings. The summed E-state index contributed by atoms with van der Waals surface area (Å²) in [6, 6.07) is 10.5. The monoisotopic (exact) mass is 299 g/mol. The molecule has 1 aliphatic rings. The summed E-state index contributed by atoms with van der Waals surface area (Å²) in [6.07, 6.45) is 3.11. The number of likely N-dealkylation sites (N-methyl/N-ethyl adjacent to an activating group) is 1. The van der Waals surface area contributed by atoms with Crippen LogP contribution in [0.15, 0.2) is 30.3 Å². The first-order chi connectivity index (χ1) is 10.8. The highest BCUT2D eigenvalue weighted by Gasteiger charge is 2.14. The number of aryl methyl sites for hydroxylation is 2. The summed E-state index contributed by atoms with van der Waals surface area (Å²) < 4.78 is 0. The second kappa shape index (κ2) is 7.51. The van der Waals surface area contributed by atoms with Gasteiger partial charge in [-0.3, -0.25) is 10.00 Å². The Labute approximate surface area is 132 Å². The van der Waals surface area contributed by atoms with Crippen molar-refractivity contribution in [3.05, 3.63) is 47.5 Å². The van der Waals surface area contributed by atoms with E-state index in [4.69, 9.17) is 0 Å². The summed E-state index contributed by atoms with van der Waals surface area (Å²) in [6.45, 7) is 5.46. The first kappa shape index (κ1) is 15.2. The van der Waals surface area contributed by atoms with Gasteiger partial charge >= 0.3 is 0 Å².